The fraction of sp³-hybridized carbons (Fsp3) is 0.375. The van der Waals surface area contributed by atoms with Crippen molar-refractivity contribution in [2.75, 3.05) is 5.75 Å². The van der Waals surface area contributed by atoms with Gasteiger partial charge in [0.05, 0.1) is 16.9 Å². The first-order valence-corrected chi connectivity index (χ1v) is 8.81. The van der Waals surface area contributed by atoms with Crippen molar-refractivity contribution in [2.24, 2.45) is 0 Å². The first kappa shape index (κ1) is 14.4. The average molecular weight is 305 g/mol. The molecule has 1 aromatic carbocycles. The van der Waals surface area contributed by atoms with Gasteiger partial charge in [-0.2, -0.15) is 0 Å². The Labute approximate surface area is 125 Å². The fourth-order valence-corrected chi connectivity index (χ4v) is 4.58. The number of benzene rings is 1. The van der Waals surface area contributed by atoms with Crippen LogP contribution in [0, 0.1) is 0 Å². The van der Waals surface area contributed by atoms with Crippen LogP contribution in [-0.2, 0) is 16.3 Å². The highest BCUT2D eigenvalue weighted by atomic mass is 32.2. The molecule has 0 aliphatic carbocycles. The highest BCUT2D eigenvalue weighted by Crippen LogP contribution is 2.33. The molecule has 2 unspecified atom stereocenters. The van der Waals surface area contributed by atoms with Crippen LogP contribution in [0.2, 0.25) is 0 Å². The van der Waals surface area contributed by atoms with Gasteiger partial charge in [-0.3, -0.25) is 0 Å². The Bertz CT molecular complexity index is 707. The standard InChI is InChI=1S/C16H19NO3S/c1-12(8-9-13-5-4-10-20-13)17-15-11-21(18,19)16-7-3-2-6-14(15)16/h2-7,10,12,15,17H,8-9,11H2,1H3. The summed E-state index contributed by atoms with van der Waals surface area (Å²) in [7, 11) is -3.14. The minimum atomic E-state index is -3.14. The summed E-state index contributed by atoms with van der Waals surface area (Å²) in [6, 6.07) is 11.2. The average Bonchev–Trinajstić information content (AvgIpc) is 3.05. The van der Waals surface area contributed by atoms with E-state index in [1.807, 2.05) is 24.3 Å². The molecule has 0 radical (unpaired) electrons. The zero-order valence-corrected chi connectivity index (χ0v) is 12.8. The molecule has 2 heterocycles. The van der Waals surface area contributed by atoms with Gasteiger partial charge >= 0.3 is 0 Å². The van der Waals surface area contributed by atoms with Crippen LogP contribution in [0.1, 0.15) is 30.7 Å². The molecule has 0 fully saturated rings. The van der Waals surface area contributed by atoms with Crippen molar-refractivity contribution < 1.29 is 12.8 Å². The molecule has 0 spiro atoms. The molecule has 2 atom stereocenters. The Morgan fingerprint density at radius 3 is 2.86 bits per heavy atom. The molecule has 21 heavy (non-hydrogen) atoms. The summed E-state index contributed by atoms with van der Waals surface area (Å²) < 4.78 is 29.6. The maximum Gasteiger partial charge on any atom is 0.180 e. The molecule has 1 aliphatic rings. The summed E-state index contributed by atoms with van der Waals surface area (Å²) in [6.07, 6.45) is 3.43. The number of nitrogens with one attached hydrogen (secondary N) is 1. The van der Waals surface area contributed by atoms with Gasteiger partial charge in [0.1, 0.15) is 5.76 Å². The molecule has 2 aromatic rings. The summed E-state index contributed by atoms with van der Waals surface area (Å²) in [4.78, 5) is 0.473. The van der Waals surface area contributed by atoms with E-state index in [0.717, 1.165) is 24.2 Å². The molecule has 112 valence electrons. The molecule has 3 rings (SSSR count). The lowest BCUT2D eigenvalue weighted by atomic mass is 10.1. The summed E-state index contributed by atoms with van der Waals surface area (Å²) >= 11 is 0. The number of hydrogen-bond acceptors (Lipinski definition) is 4. The lowest BCUT2D eigenvalue weighted by Crippen LogP contribution is -2.31. The fourth-order valence-electron chi connectivity index (χ4n) is 2.83. The molecular weight excluding hydrogens is 286 g/mol. The van der Waals surface area contributed by atoms with Crippen molar-refractivity contribution >= 4 is 9.84 Å². The maximum atomic E-state index is 12.1. The maximum absolute atomic E-state index is 12.1. The Morgan fingerprint density at radius 1 is 1.29 bits per heavy atom. The number of fused-ring (bicyclic) bond motifs is 1. The van der Waals surface area contributed by atoms with Gasteiger partial charge in [-0.05, 0) is 37.1 Å². The number of aryl methyl sites for hydroxylation is 1. The third-order valence-corrected chi connectivity index (χ3v) is 5.72. The van der Waals surface area contributed by atoms with Crippen LogP contribution in [0.25, 0.3) is 0 Å². The summed E-state index contributed by atoms with van der Waals surface area (Å²) in [5.74, 6) is 1.11. The van der Waals surface area contributed by atoms with Gasteiger partial charge in [-0.1, -0.05) is 18.2 Å². The minimum absolute atomic E-state index is 0.113. The molecular formula is C16H19NO3S. The van der Waals surface area contributed by atoms with Crippen LogP contribution in [0.4, 0.5) is 0 Å². The predicted octanol–water partition coefficient (Wildman–Crippen LogP) is 2.72. The van der Waals surface area contributed by atoms with Gasteiger partial charge in [0, 0.05) is 18.5 Å². The summed E-state index contributed by atoms with van der Waals surface area (Å²) in [6.45, 7) is 2.08. The van der Waals surface area contributed by atoms with E-state index >= 15 is 0 Å². The van der Waals surface area contributed by atoms with Gasteiger partial charge in [0.25, 0.3) is 0 Å². The molecule has 1 N–H and O–H groups in total. The van der Waals surface area contributed by atoms with Crippen LogP contribution in [0.15, 0.2) is 52.0 Å². The van der Waals surface area contributed by atoms with Crippen LogP contribution in [0.3, 0.4) is 0 Å². The van der Waals surface area contributed by atoms with Gasteiger partial charge in [0.2, 0.25) is 0 Å². The zero-order chi connectivity index (χ0) is 14.9. The molecule has 0 bridgehead atoms. The van der Waals surface area contributed by atoms with Crippen molar-refractivity contribution in [1.82, 2.24) is 5.32 Å². The Kier molecular flexibility index (Phi) is 3.87. The van der Waals surface area contributed by atoms with E-state index in [0.29, 0.717) is 4.90 Å². The van der Waals surface area contributed by atoms with E-state index in [-0.39, 0.29) is 17.8 Å². The second-order valence-electron chi connectivity index (χ2n) is 5.56. The number of hydrogen-bond donors (Lipinski definition) is 1. The van der Waals surface area contributed by atoms with Crippen LogP contribution >= 0.6 is 0 Å². The van der Waals surface area contributed by atoms with E-state index < -0.39 is 9.84 Å². The molecule has 0 saturated heterocycles. The summed E-state index contributed by atoms with van der Waals surface area (Å²) in [5.41, 5.74) is 0.891. The second-order valence-corrected chi connectivity index (χ2v) is 7.56. The highest BCUT2D eigenvalue weighted by molar-refractivity contribution is 7.91. The van der Waals surface area contributed by atoms with Gasteiger partial charge in [0.15, 0.2) is 9.84 Å². The normalized spacial score (nSPS) is 21.1. The molecule has 1 aliphatic heterocycles. The smallest absolute Gasteiger partial charge is 0.180 e. The third-order valence-electron chi connectivity index (χ3n) is 3.91. The van der Waals surface area contributed by atoms with Crippen LogP contribution in [-0.4, -0.2) is 20.2 Å². The van der Waals surface area contributed by atoms with Crippen molar-refractivity contribution in [2.45, 2.75) is 36.7 Å². The van der Waals surface area contributed by atoms with Crippen molar-refractivity contribution in [3.05, 3.63) is 54.0 Å². The zero-order valence-electron chi connectivity index (χ0n) is 12.0. The van der Waals surface area contributed by atoms with Crippen molar-refractivity contribution in [1.29, 1.82) is 0 Å². The largest absolute Gasteiger partial charge is 0.469 e. The molecule has 0 saturated carbocycles. The topological polar surface area (TPSA) is 59.3 Å². The van der Waals surface area contributed by atoms with E-state index in [4.69, 9.17) is 4.42 Å². The van der Waals surface area contributed by atoms with E-state index in [1.165, 1.54) is 0 Å². The number of furan rings is 1. The number of rotatable bonds is 5. The van der Waals surface area contributed by atoms with Crippen LogP contribution in [0.5, 0.6) is 0 Å². The Balaban J connectivity index is 1.66. The second kappa shape index (κ2) is 5.66. The summed E-state index contributed by atoms with van der Waals surface area (Å²) in [5, 5.41) is 3.43. The van der Waals surface area contributed by atoms with E-state index in [9.17, 15) is 8.42 Å². The van der Waals surface area contributed by atoms with Crippen LogP contribution < -0.4 is 5.32 Å². The monoisotopic (exact) mass is 305 g/mol. The first-order valence-electron chi connectivity index (χ1n) is 7.16. The van der Waals surface area contributed by atoms with Gasteiger partial charge < -0.3 is 9.73 Å². The number of sulfone groups is 1. The van der Waals surface area contributed by atoms with Crippen molar-refractivity contribution in [3.8, 4) is 0 Å². The molecule has 0 amide bonds. The minimum Gasteiger partial charge on any atom is -0.469 e. The Morgan fingerprint density at radius 2 is 2.10 bits per heavy atom. The highest BCUT2D eigenvalue weighted by Gasteiger charge is 2.34. The van der Waals surface area contributed by atoms with Gasteiger partial charge in [-0.15, -0.1) is 0 Å². The van der Waals surface area contributed by atoms with E-state index in [1.54, 1.807) is 18.4 Å². The predicted molar refractivity (Wildman–Crippen MR) is 80.9 cm³/mol. The molecule has 1 aromatic heterocycles. The lowest BCUT2D eigenvalue weighted by molar-refractivity contribution is 0.432. The molecule has 4 nitrogen and oxygen atoms in total. The van der Waals surface area contributed by atoms with E-state index in [2.05, 4.69) is 12.2 Å². The van der Waals surface area contributed by atoms with Crippen molar-refractivity contribution in [3.63, 3.8) is 0 Å². The molecule has 5 heteroatoms. The first-order chi connectivity index (χ1) is 10.1. The third kappa shape index (κ3) is 3.04. The van der Waals surface area contributed by atoms with Gasteiger partial charge in [-0.25, -0.2) is 8.42 Å². The lowest BCUT2D eigenvalue weighted by Gasteiger charge is -2.19. The quantitative estimate of drug-likeness (QED) is 0.922. The SMILES string of the molecule is CC(CCc1ccco1)NC1CS(=O)(=O)c2ccccc21. The Hall–Kier alpha value is -1.59.